The van der Waals surface area contributed by atoms with Crippen LogP contribution in [-0.2, 0) is 11.3 Å². The Bertz CT molecular complexity index is 746. The molecule has 1 aromatic rings. The van der Waals surface area contributed by atoms with Crippen LogP contribution in [0, 0.1) is 5.82 Å². The van der Waals surface area contributed by atoms with E-state index in [1.807, 2.05) is 6.07 Å². The first-order valence-electron chi connectivity index (χ1n) is 11.9. The number of hydrogen-bond acceptors (Lipinski definition) is 5. The molecule has 2 aliphatic heterocycles. The first-order valence-corrected chi connectivity index (χ1v) is 11.9. The lowest BCUT2D eigenvalue weighted by atomic mass is 10.0. The average Bonchev–Trinajstić information content (AvgIpc) is 2.79. The Morgan fingerprint density at radius 2 is 2.06 bits per heavy atom. The van der Waals surface area contributed by atoms with Gasteiger partial charge in [0.2, 0.25) is 0 Å². The van der Waals surface area contributed by atoms with Crippen LogP contribution in [0.5, 0.6) is 5.75 Å². The first-order chi connectivity index (χ1) is 15.5. The summed E-state index contributed by atoms with van der Waals surface area (Å²) in [6.45, 7) is 13.5. The number of halogens is 2. The van der Waals surface area contributed by atoms with Gasteiger partial charge in [0.05, 0.1) is 26.9 Å². The number of aliphatic imine (C=N–C) groups is 1. The Morgan fingerprint density at radius 3 is 2.70 bits per heavy atom. The second-order valence-electron chi connectivity index (χ2n) is 8.89. The van der Waals surface area contributed by atoms with Crippen LogP contribution in [0.4, 0.5) is 4.39 Å². The summed E-state index contributed by atoms with van der Waals surface area (Å²) in [5.41, 5.74) is 0.982. The third-order valence-electron chi connectivity index (χ3n) is 6.39. The number of guanidine groups is 1. The molecule has 0 saturated carbocycles. The maximum absolute atomic E-state index is 14.0. The van der Waals surface area contributed by atoms with Crippen molar-refractivity contribution in [1.82, 2.24) is 20.4 Å². The van der Waals surface area contributed by atoms with E-state index in [1.165, 1.54) is 7.11 Å². The van der Waals surface area contributed by atoms with Crippen LogP contribution in [-0.4, -0.2) is 86.9 Å². The molecule has 2 saturated heterocycles. The number of hydrogen-bond donors (Lipinski definition) is 2. The molecule has 188 valence electrons. The van der Waals surface area contributed by atoms with Gasteiger partial charge in [-0.25, -0.2) is 4.39 Å². The molecule has 2 heterocycles. The van der Waals surface area contributed by atoms with Crippen molar-refractivity contribution in [3.05, 3.63) is 29.6 Å². The topological polar surface area (TPSA) is 61.4 Å². The third-order valence-corrected chi connectivity index (χ3v) is 6.39. The molecule has 2 aliphatic rings. The van der Waals surface area contributed by atoms with Crippen molar-refractivity contribution in [3.63, 3.8) is 0 Å². The van der Waals surface area contributed by atoms with Gasteiger partial charge in [-0.2, -0.15) is 0 Å². The summed E-state index contributed by atoms with van der Waals surface area (Å²) < 4.78 is 24.5. The molecule has 2 atom stereocenters. The molecule has 9 heteroatoms. The van der Waals surface area contributed by atoms with Crippen molar-refractivity contribution in [2.24, 2.45) is 4.99 Å². The molecule has 0 radical (unpaired) electrons. The van der Waals surface area contributed by atoms with E-state index in [-0.39, 0.29) is 29.8 Å². The van der Waals surface area contributed by atoms with E-state index >= 15 is 0 Å². The molecule has 0 aromatic heterocycles. The SMILES string of the molecule is CCNC(=NCC(C)N1CCOCC1C)NC1CCN(Cc2ccc(OC)c(F)c2)CC1.I. The third kappa shape index (κ3) is 8.52. The summed E-state index contributed by atoms with van der Waals surface area (Å²) in [7, 11) is 1.49. The summed E-state index contributed by atoms with van der Waals surface area (Å²) >= 11 is 0. The van der Waals surface area contributed by atoms with Gasteiger partial charge in [0.15, 0.2) is 17.5 Å². The molecular weight excluding hydrogens is 536 g/mol. The molecule has 33 heavy (non-hydrogen) atoms. The minimum Gasteiger partial charge on any atom is -0.494 e. The summed E-state index contributed by atoms with van der Waals surface area (Å²) in [5, 5.41) is 7.02. The molecule has 1 aromatic carbocycles. The molecule has 7 nitrogen and oxygen atoms in total. The normalized spacial score (nSPS) is 21.8. The summed E-state index contributed by atoms with van der Waals surface area (Å²) in [6, 6.07) is 6.45. The highest BCUT2D eigenvalue weighted by atomic mass is 127. The van der Waals surface area contributed by atoms with E-state index in [1.54, 1.807) is 12.1 Å². The molecule has 2 N–H and O–H groups in total. The van der Waals surface area contributed by atoms with E-state index in [0.29, 0.717) is 23.9 Å². The molecular formula is C24H41FIN5O2. The van der Waals surface area contributed by atoms with Crippen LogP contribution in [0.3, 0.4) is 0 Å². The van der Waals surface area contributed by atoms with E-state index in [0.717, 1.165) is 76.8 Å². The molecule has 2 unspecified atom stereocenters. The smallest absolute Gasteiger partial charge is 0.191 e. The number of nitrogens with zero attached hydrogens (tertiary/aromatic N) is 3. The van der Waals surface area contributed by atoms with Gasteiger partial charge in [-0.3, -0.25) is 14.8 Å². The predicted octanol–water partition coefficient (Wildman–Crippen LogP) is 3.08. The fourth-order valence-corrected chi connectivity index (χ4v) is 4.54. The largest absolute Gasteiger partial charge is 0.494 e. The van der Waals surface area contributed by atoms with Gasteiger partial charge >= 0.3 is 0 Å². The number of likely N-dealkylation sites (tertiary alicyclic amines) is 1. The van der Waals surface area contributed by atoms with Crippen LogP contribution in [0.25, 0.3) is 0 Å². The highest BCUT2D eigenvalue weighted by molar-refractivity contribution is 14.0. The highest BCUT2D eigenvalue weighted by Gasteiger charge is 2.24. The average molecular weight is 578 g/mol. The Kier molecular flexibility index (Phi) is 12.1. The summed E-state index contributed by atoms with van der Waals surface area (Å²) in [4.78, 5) is 9.74. The number of ether oxygens (including phenoxy) is 2. The number of benzene rings is 1. The van der Waals surface area contributed by atoms with Crippen LogP contribution in [0.1, 0.15) is 39.2 Å². The molecule has 0 bridgehead atoms. The highest BCUT2D eigenvalue weighted by Crippen LogP contribution is 2.20. The quantitative estimate of drug-likeness (QED) is 0.282. The van der Waals surface area contributed by atoms with Crippen molar-refractivity contribution in [3.8, 4) is 5.75 Å². The van der Waals surface area contributed by atoms with Crippen molar-refractivity contribution in [1.29, 1.82) is 0 Å². The van der Waals surface area contributed by atoms with Gasteiger partial charge in [0.25, 0.3) is 0 Å². The van der Waals surface area contributed by atoms with Crippen LogP contribution in [0.2, 0.25) is 0 Å². The van der Waals surface area contributed by atoms with Crippen molar-refractivity contribution in [2.45, 2.75) is 58.3 Å². The lowest BCUT2D eigenvalue weighted by Crippen LogP contribution is -2.51. The molecule has 3 rings (SSSR count). The zero-order valence-corrected chi connectivity index (χ0v) is 22.8. The number of methoxy groups -OCH3 is 1. The Hall–Kier alpha value is -1.17. The van der Waals surface area contributed by atoms with Crippen LogP contribution >= 0.6 is 24.0 Å². The van der Waals surface area contributed by atoms with Gasteiger partial charge in [-0.1, -0.05) is 6.07 Å². The van der Waals surface area contributed by atoms with Gasteiger partial charge in [0.1, 0.15) is 0 Å². The van der Waals surface area contributed by atoms with E-state index in [4.69, 9.17) is 14.5 Å². The minimum absolute atomic E-state index is 0. The number of nitrogens with one attached hydrogen (secondary N) is 2. The zero-order chi connectivity index (χ0) is 22.9. The first kappa shape index (κ1) is 28.1. The van der Waals surface area contributed by atoms with Crippen LogP contribution < -0.4 is 15.4 Å². The number of piperidine rings is 1. The fourth-order valence-electron chi connectivity index (χ4n) is 4.54. The van der Waals surface area contributed by atoms with Gasteiger partial charge in [0, 0.05) is 50.8 Å². The van der Waals surface area contributed by atoms with Crippen molar-refractivity contribution < 1.29 is 13.9 Å². The second-order valence-corrected chi connectivity index (χ2v) is 8.89. The van der Waals surface area contributed by atoms with Crippen LogP contribution in [0.15, 0.2) is 23.2 Å². The number of rotatable bonds is 8. The van der Waals surface area contributed by atoms with Crippen molar-refractivity contribution in [2.75, 3.05) is 53.0 Å². The Morgan fingerprint density at radius 1 is 1.30 bits per heavy atom. The molecule has 0 aliphatic carbocycles. The Balaban J connectivity index is 0.00000385. The van der Waals surface area contributed by atoms with Gasteiger partial charge in [-0.15, -0.1) is 24.0 Å². The fraction of sp³-hybridized carbons (Fsp3) is 0.708. The van der Waals surface area contributed by atoms with E-state index in [9.17, 15) is 4.39 Å². The van der Waals surface area contributed by atoms with Gasteiger partial charge in [-0.05, 0) is 51.3 Å². The maximum Gasteiger partial charge on any atom is 0.191 e. The van der Waals surface area contributed by atoms with E-state index < -0.39 is 0 Å². The van der Waals surface area contributed by atoms with Gasteiger partial charge < -0.3 is 20.1 Å². The standard InChI is InChI=1S/C24H40FN5O2.HI/c1-5-26-24(27-15-18(2)30-12-13-32-17-19(30)3)28-21-8-10-29(11-9-21)16-20-6-7-23(31-4)22(25)14-20;/h6-7,14,18-19,21H,5,8-13,15-17H2,1-4H3,(H2,26,27,28);1H. The Labute approximate surface area is 215 Å². The predicted molar refractivity (Wildman–Crippen MR) is 142 cm³/mol. The summed E-state index contributed by atoms with van der Waals surface area (Å²) in [6.07, 6.45) is 2.08. The second kappa shape index (κ2) is 14.3. The lowest BCUT2D eigenvalue weighted by molar-refractivity contribution is -0.0165. The molecule has 2 fully saturated rings. The van der Waals surface area contributed by atoms with Crippen molar-refractivity contribution >= 4 is 29.9 Å². The summed E-state index contributed by atoms with van der Waals surface area (Å²) in [5.74, 6) is 0.897. The maximum atomic E-state index is 14.0. The lowest BCUT2D eigenvalue weighted by Gasteiger charge is -2.37. The zero-order valence-electron chi connectivity index (χ0n) is 20.5. The molecule has 0 spiro atoms. The number of morpholine rings is 1. The minimum atomic E-state index is -0.297. The monoisotopic (exact) mass is 577 g/mol. The molecule has 0 amide bonds. The van der Waals surface area contributed by atoms with E-state index in [2.05, 4.69) is 41.2 Å².